The summed E-state index contributed by atoms with van der Waals surface area (Å²) in [7, 11) is 0. The third-order valence-corrected chi connectivity index (χ3v) is 3.84. The van der Waals surface area contributed by atoms with Gasteiger partial charge in [-0.1, -0.05) is 11.6 Å². The highest BCUT2D eigenvalue weighted by Crippen LogP contribution is 2.41. The van der Waals surface area contributed by atoms with Crippen LogP contribution in [0.1, 0.15) is 35.7 Å². The Labute approximate surface area is 101 Å². The van der Waals surface area contributed by atoms with E-state index in [0.717, 1.165) is 17.5 Å². The van der Waals surface area contributed by atoms with Crippen molar-refractivity contribution in [3.05, 3.63) is 29.3 Å². The van der Waals surface area contributed by atoms with Crippen molar-refractivity contribution >= 4 is 5.78 Å². The number of ether oxygens (including phenoxy) is 2. The van der Waals surface area contributed by atoms with Crippen molar-refractivity contribution in [1.29, 1.82) is 0 Å². The van der Waals surface area contributed by atoms with E-state index >= 15 is 0 Å². The summed E-state index contributed by atoms with van der Waals surface area (Å²) in [6, 6.07) is 5.78. The average molecular weight is 232 g/mol. The van der Waals surface area contributed by atoms with Gasteiger partial charge >= 0.3 is 0 Å². The number of rotatable bonds is 0. The Bertz CT molecular complexity index is 480. The highest BCUT2D eigenvalue weighted by atomic mass is 16.6. The molecule has 0 bridgehead atoms. The highest BCUT2D eigenvalue weighted by molar-refractivity contribution is 6.00. The van der Waals surface area contributed by atoms with Crippen LogP contribution in [-0.2, 0) is 4.74 Å². The summed E-state index contributed by atoms with van der Waals surface area (Å²) in [5, 5.41) is 0. The number of ketones is 1. The topological polar surface area (TPSA) is 35.5 Å². The van der Waals surface area contributed by atoms with Gasteiger partial charge in [0.2, 0.25) is 0 Å². The number of hydrogen-bond donors (Lipinski definition) is 0. The predicted octanol–water partition coefficient (Wildman–Crippen LogP) is 2.51. The van der Waals surface area contributed by atoms with Crippen LogP contribution >= 0.6 is 0 Å². The zero-order chi connectivity index (χ0) is 12.0. The van der Waals surface area contributed by atoms with Gasteiger partial charge in [-0.05, 0) is 26.0 Å². The van der Waals surface area contributed by atoms with Gasteiger partial charge in [-0.2, -0.15) is 0 Å². The third kappa shape index (κ3) is 1.57. The minimum Gasteiger partial charge on any atom is -0.483 e. The van der Waals surface area contributed by atoms with Crippen molar-refractivity contribution in [3.8, 4) is 5.75 Å². The Kier molecular flexibility index (Phi) is 2.26. The molecule has 0 amide bonds. The van der Waals surface area contributed by atoms with Gasteiger partial charge in [0, 0.05) is 6.42 Å². The SMILES string of the molecule is Cc1ccc2c(c1)C(=O)CC1(CCOC1C)O2. The lowest BCUT2D eigenvalue weighted by atomic mass is 9.85. The number of carbonyl (C=O) groups is 1. The van der Waals surface area contributed by atoms with E-state index in [1.165, 1.54) is 0 Å². The molecular formula is C14H16O3. The van der Waals surface area contributed by atoms with Gasteiger partial charge in [0.1, 0.15) is 11.4 Å². The first-order chi connectivity index (χ1) is 8.11. The van der Waals surface area contributed by atoms with Crippen LogP contribution in [0.3, 0.4) is 0 Å². The second-order valence-corrected chi connectivity index (χ2v) is 5.03. The fourth-order valence-corrected chi connectivity index (χ4v) is 2.70. The predicted molar refractivity (Wildman–Crippen MR) is 63.5 cm³/mol. The first-order valence-electron chi connectivity index (χ1n) is 6.05. The zero-order valence-electron chi connectivity index (χ0n) is 10.2. The first kappa shape index (κ1) is 10.8. The fraction of sp³-hybridized carbons (Fsp3) is 0.500. The molecule has 2 unspecified atom stereocenters. The number of Topliss-reactive ketones (excluding diaryl/α,β-unsaturated/α-hetero) is 1. The summed E-state index contributed by atoms with van der Waals surface area (Å²) < 4.78 is 11.6. The van der Waals surface area contributed by atoms with E-state index in [0.29, 0.717) is 18.8 Å². The van der Waals surface area contributed by atoms with Crippen molar-refractivity contribution < 1.29 is 14.3 Å². The summed E-state index contributed by atoms with van der Waals surface area (Å²) in [4.78, 5) is 12.2. The normalized spacial score (nSPS) is 31.4. The lowest BCUT2D eigenvalue weighted by Gasteiger charge is -2.36. The van der Waals surface area contributed by atoms with Crippen LogP contribution in [-0.4, -0.2) is 24.1 Å². The van der Waals surface area contributed by atoms with E-state index in [-0.39, 0.29) is 11.9 Å². The highest BCUT2D eigenvalue weighted by Gasteiger charge is 2.48. The Morgan fingerprint density at radius 2 is 2.24 bits per heavy atom. The summed E-state index contributed by atoms with van der Waals surface area (Å²) in [6.45, 7) is 4.65. The van der Waals surface area contributed by atoms with Crippen LogP contribution in [0, 0.1) is 6.92 Å². The largest absolute Gasteiger partial charge is 0.483 e. The van der Waals surface area contributed by atoms with E-state index in [1.807, 2.05) is 32.0 Å². The van der Waals surface area contributed by atoms with E-state index in [2.05, 4.69) is 0 Å². The van der Waals surface area contributed by atoms with Gasteiger partial charge in [0.15, 0.2) is 5.78 Å². The van der Waals surface area contributed by atoms with Gasteiger partial charge in [-0.3, -0.25) is 4.79 Å². The lowest BCUT2D eigenvalue weighted by molar-refractivity contribution is -0.0160. The van der Waals surface area contributed by atoms with Crippen LogP contribution in [0.2, 0.25) is 0 Å². The Hall–Kier alpha value is -1.35. The van der Waals surface area contributed by atoms with Crippen LogP contribution in [0.25, 0.3) is 0 Å². The molecule has 1 aromatic rings. The average Bonchev–Trinajstić information content (AvgIpc) is 2.62. The number of fused-ring (bicyclic) bond motifs is 1. The van der Waals surface area contributed by atoms with Crippen molar-refractivity contribution in [2.24, 2.45) is 0 Å². The number of aryl methyl sites for hydroxylation is 1. The number of benzene rings is 1. The second kappa shape index (κ2) is 3.57. The lowest BCUT2D eigenvalue weighted by Crippen LogP contribution is -2.47. The Morgan fingerprint density at radius 3 is 2.94 bits per heavy atom. The molecule has 1 saturated heterocycles. The second-order valence-electron chi connectivity index (χ2n) is 5.03. The smallest absolute Gasteiger partial charge is 0.170 e. The van der Waals surface area contributed by atoms with Crippen LogP contribution in [0.5, 0.6) is 5.75 Å². The monoisotopic (exact) mass is 232 g/mol. The Balaban J connectivity index is 2.04. The fourth-order valence-electron chi connectivity index (χ4n) is 2.70. The van der Waals surface area contributed by atoms with Crippen molar-refractivity contribution in [3.63, 3.8) is 0 Å². The molecule has 17 heavy (non-hydrogen) atoms. The molecule has 0 saturated carbocycles. The molecule has 1 spiro atoms. The quantitative estimate of drug-likeness (QED) is 0.689. The molecule has 2 aliphatic heterocycles. The van der Waals surface area contributed by atoms with Gasteiger partial charge < -0.3 is 9.47 Å². The summed E-state index contributed by atoms with van der Waals surface area (Å²) in [5.74, 6) is 0.886. The van der Waals surface area contributed by atoms with Crippen molar-refractivity contribution in [2.75, 3.05) is 6.61 Å². The summed E-state index contributed by atoms with van der Waals surface area (Å²) in [5.41, 5.74) is 1.38. The number of hydrogen-bond acceptors (Lipinski definition) is 3. The molecule has 3 heteroatoms. The van der Waals surface area contributed by atoms with Crippen LogP contribution in [0.15, 0.2) is 18.2 Å². The van der Waals surface area contributed by atoms with E-state index < -0.39 is 5.60 Å². The van der Waals surface area contributed by atoms with Gasteiger partial charge in [0.25, 0.3) is 0 Å². The zero-order valence-corrected chi connectivity index (χ0v) is 10.2. The van der Waals surface area contributed by atoms with Crippen LogP contribution < -0.4 is 4.74 Å². The molecule has 1 fully saturated rings. The molecule has 0 aromatic heterocycles. The molecule has 2 heterocycles. The molecule has 90 valence electrons. The standard InChI is InChI=1S/C14H16O3/c1-9-3-4-13-11(7-9)12(15)8-14(17-13)5-6-16-10(14)2/h3-4,7,10H,5-6,8H2,1-2H3. The molecule has 3 nitrogen and oxygen atoms in total. The van der Waals surface area contributed by atoms with Crippen molar-refractivity contribution in [1.82, 2.24) is 0 Å². The van der Waals surface area contributed by atoms with Gasteiger partial charge in [0.05, 0.1) is 24.7 Å². The molecule has 0 aliphatic carbocycles. The maximum absolute atomic E-state index is 12.2. The maximum atomic E-state index is 12.2. The Morgan fingerprint density at radius 1 is 1.41 bits per heavy atom. The van der Waals surface area contributed by atoms with Gasteiger partial charge in [-0.15, -0.1) is 0 Å². The minimum absolute atomic E-state index is 0.0131. The van der Waals surface area contributed by atoms with E-state index in [1.54, 1.807) is 0 Å². The minimum atomic E-state index is -0.431. The summed E-state index contributed by atoms with van der Waals surface area (Å²) in [6.07, 6.45) is 1.22. The summed E-state index contributed by atoms with van der Waals surface area (Å²) >= 11 is 0. The molecule has 2 aliphatic rings. The molecule has 0 N–H and O–H groups in total. The van der Waals surface area contributed by atoms with E-state index in [9.17, 15) is 4.79 Å². The molecule has 3 rings (SSSR count). The molecule has 0 radical (unpaired) electrons. The third-order valence-electron chi connectivity index (χ3n) is 3.84. The van der Waals surface area contributed by atoms with Gasteiger partial charge in [-0.25, -0.2) is 0 Å². The van der Waals surface area contributed by atoms with Crippen LogP contribution in [0.4, 0.5) is 0 Å². The van der Waals surface area contributed by atoms with Crippen molar-refractivity contribution in [2.45, 2.75) is 38.4 Å². The van der Waals surface area contributed by atoms with E-state index in [4.69, 9.17) is 9.47 Å². The maximum Gasteiger partial charge on any atom is 0.170 e. The molecule has 1 aromatic carbocycles. The number of carbonyl (C=O) groups excluding carboxylic acids is 1. The molecule has 2 atom stereocenters. The first-order valence-corrected chi connectivity index (χ1v) is 6.05. The molecular weight excluding hydrogens is 216 g/mol.